The summed E-state index contributed by atoms with van der Waals surface area (Å²) in [6.07, 6.45) is 0. The molecule has 26 heavy (non-hydrogen) atoms. The number of rotatable bonds is 3. The molecule has 0 saturated heterocycles. The van der Waals surface area contributed by atoms with E-state index in [1.165, 1.54) is 6.07 Å². The Kier molecular flexibility index (Phi) is 4.63. The van der Waals surface area contributed by atoms with Crippen molar-refractivity contribution in [3.63, 3.8) is 0 Å². The van der Waals surface area contributed by atoms with Gasteiger partial charge in [0.2, 0.25) is 0 Å². The maximum Gasteiger partial charge on any atom is 0.336 e. The molecule has 0 saturated carbocycles. The Labute approximate surface area is 151 Å². The van der Waals surface area contributed by atoms with Gasteiger partial charge in [0.1, 0.15) is 11.4 Å². The van der Waals surface area contributed by atoms with Gasteiger partial charge in [-0.15, -0.1) is 0 Å². The number of nitrogens with zero attached hydrogens (tertiary/aromatic N) is 1. The third-order valence-corrected chi connectivity index (χ3v) is 3.82. The second-order valence-electron chi connectivity index (χ2n) is 5.46. The van der Waals surface area contributed by atoms with E-state index in [2.05, 4.69) is 10.6 Å². The van der Waals surface area contributed by atoms with E-state index in [-0.39, 0.29) is 16.5 Å². The third kappa shape index (κ3) is 3.67. The maximum absolute atomic E-state index is 13.8. The molecule has 2 N–H and O–H groups in total. The topological polar surface area (TPSA) is 97.4 Å². The van der Waals surface area contributed by atoms with E-state index >= 15 is 0 Å². The lowest BCUT2D eigenvalue weighted by Crippen LogP contribution is -2.19. The lowest BCUT2D eigenvalue weighted by molar-refractivity contribution is -0.384. The number of non-ortho nitro benzene ring substituents is 1. The fourth-order valence-corrected chi connectivity index (χ4v) is 2.64. The fraction of sp³-hybridized carbons (Fsp3) is 0.0588. The van der Waals surface area contributed by atoms with E-state index in [1.54, 1.807) is 25.1 Å². The molecule has 0 radical (unpaired) electrons. The number of nitro benzene ring substituents is 1. The minimum atomic E-state index is -0.681. The highest BCUT2D eigenvalue weighted by Crippen LogP contribution is 2.23. The summed E-state index contributed by atoms with van der Waals surface area (Å²) in [7, 11) is 0. The molecular weight excluding hydrogens is 361 g/mol. The molecule has 0 fully saturated rings. The van der Waals surface area contributed by atoms with E-state index < -0.39 is 16.4 Å². The Bertz CT molecular complexity index is 1100. The normalized spacial score (nSPS) is 10.5. The molecular formula is C17H12FN3O4S. The highest BCUT2D eigenvalue weighted by molar-refractivity contribution is 7.80. The van der Waals surface area contributed by atoms with Gasteiger partial charge in [0, 0.05) is 35.3 Å². The van der Waals surface area contributed by atoms with Crippen molar-refractivity contribution in [1.29, 1.82) is 0 Å². The first-order valence-electron chi connectivity index (χ1n) is 7.40. The molecule has 7 nitrogen and oxygen atoms in total. The highest BCUT2D eigenvalue weighted by atomic mass is 32.1. The van der Waals surface area contributed by atoms with Crippen molar-refractivity contribution in [1.82, 2.24) is 0 Å². The minimum Gasteiger partial charge on any atom is -0.423 e. The van der Waals surface area contributed by atoms with Crippen LogP contribution in [0.25, 0.3) is 11.0 Å². The minimum absolute atomic E-state index is 0.0266. The zero-order valence-electron chi connectivity index (χ0n) is 13.4. The van der Waals surface area contributed by atoms with Crippen LogP contribution in [0.3, 0.4) is 0 Å². The zero-order valence-corrected chi connectivity index (χ0v) is 14.2. The van der Waals surface area contributed by atoms with E-state index in [4.69, 9.17) is 16.6 Å². The van der Waals surface area contributed by atoms with E-state index in [0.29, 0.717) is 11.3 Å². The van der Waals surface area contributed by atoms with Crippen molar-refractivity contribution < 1.29 is 13.7 Å². The summed E-state index contributed by atoms with van der Waals surface area (Å²) < 4.78 is 19.0. The van der Waals surface area contributed by atoms with Crippen molar-refractivity contribution in [3.8, 4) is 0 Å². The van der Waals surface area contributed by atoms with Crippen LogP contribution in [0, 0.1) is 22.9 Å². The number of fused-ring (bicyclic) bond motifs is 1. The summed E-state index contributed by atoms with van der Waals surface area (Å²) >= 11 is 5.11. The first-order chi connectivity index (χ1) is 12.3. The number of thiocarbonyl (C=S) groups is 1. The van der Waals surface area contributed by atoms with Gasteiger partial charge in [-0.3, -0.25) is 10.1 Å². The van der Waals surface area contributed by atoms with Crippen molar-refractivity contribution in [3.05, 3.63) is 74.4 Å². The zero-order chi connectivity index (χ0) is 18.8. The molecule has 1 heterocycles. The average Bonchev–Trinajstić information content (AvgIpc) is 2.56. The van der Waals surface area contributed by atoms with Gasteiger partial charge in [-0.2, -0.15) is 0 Å². The SMILES string of the molecule is Cc1cc(=O)oc2cc(NC(=S)Nc3cc([N+](=O)[O-])ccc3F)ccc12. The number of halogens is 1. The van der Waals surface area contributed by atoms with Crippen LogP contribution in [-0.4, -0.2) is 10.0 Å². The summed E-state index contributed by atoms with van der Waals surface area (Å²) in [4.78, 5) is 21.6. The maximum atomic E-state index is 13.8. The molecule has 3 aromatic rings. The van der Waals surface area contributed by atoms with Gasteiger partial charge >= 0.3 is 5.63 Å². The second kappa shape index (κ2) is 6.89. The van der Waals surface area contributed by atoms with Crippen LogP contribution in [0.4, 0.5) is 21.5 Å². The molecule has 0 atom stereocenters. The summed E-state index contributed by atoms with van der Waals surface area (Å²) in [6, 6.07) is 9.54. The molecule has 0 spiro atoms. The Morgan fingerprint density at radius 3 is 2.69 bits per heavy atom. The molecule has 132 valence electrons. The van der Waals surface area contributed by atoms with Gasteiger partial charge < -0.3 is 15.1 Å². The molecule has 0 aliphatic heterocycles. The quantitative estimate of drug-likeness (QED) is 0.310. The highest BCUT2D eigenvalue weighted by Gasteiger charge is 2.12. The number of nitro groups is 1. The predicted molar refractivity (Wildman–Crippen MR) is 100 cm³/mol. The van der Waals surface area contributed by atoms with E-state index in [9.17, 15) is 19.3 Å². The molecule has 0 aliphatic rings. The van der Waals surface area contributed by atoms with Crippen LogP contribution >= 0.6 is 12.2 Å². The molecule has 3 rings (SSSR count). The van der Waals surface area contributed by atoms with Gasteiger partial charge in [-0.25, -0.2) is 9.18 Å². The van der Waals surface area contributed by atoms with Crippen molar-refractivity contribution in [2.75, 3.05) is 10.6 Å². The van der Waals surface area contributed by atoms with Crippen LogP contribution in [0.15, 0.2) is 51.7 Å². The fourth-order valence-electron chi connectivity index (χ4n) is 2.41. The molecule has 9 heteroatoms. The van der Waals surface area contributed by atoms with Crippen LogP contribution in [0.2, 0.25) is 0 Å². The van der Waals surface area contributed by atoms with E-state index in [0.717, 1.165) is 29.1 Å². The van der Waals surface area contributed by atoms with Crippen LogP contribution in [0.1, 0.15) is 5.56 Å². The Morgan fingerprint density at radius 1 is 1.19 bits per heavy atom. The first-order valence-corrected chi connectivity index (χ1v) is 7.81. The standard InChI is InChI=1S/C17H12FN3O4S/c1-9-6-16(22)25-15-7-10(2-4-12(9)15)19-17(26)20-14-8-11(21(23)24)3-5-13(14)18/h2-8H,1H3,(H2,19,20,26). The number of hydrogen-bond acceptors (Lipinski definition) is 5. The van der Waals surface area contributed by atoms with Crippen molar-refractivity contribution in [2.24, 2.45) is 0 Å². The molecule has 0 unspecified atom stereocenters. The lowest BCUT2D eigenvalue weighted by atomic mass is 10.1. The number of benzene rings is 2. The van der Waals surface area contributed by atoms with Gasteiger partial charge in [-0.05, 0) is 42.9 Å². The Balaban J connectivity index is 1.82. The monoisotopic (exact) mass is 373 g/mol. The predicted octanol–water partition coefficient (Wildman–Crippen LogP) is 3.96. The van der Waals surface area contributed by atoms with Gasteiger partial charge in [0.05, 0.1) is 10.6 Å². The number of hydrogen-bond donors (Lipinski definition) is 2. The molecule has 2 aromatic carbocycles. The van der Waals surface area contributed by atoms with Crippen molar-refractivity contribution in [2.45, 2.75) is 6.92 Å². The third-order valence-electron chi connectivity index (χ3n) is 3.62. The van der Waals surface area contributed by atoms with Crippen LogP contribution < -0.4 is 16.3 Å². The molecule has 1 aromatic heterocycles. The summed E-state index contributed by atoms with van der Waals surface area (Å²) in [5.74, 6) is -0.681. The molecule has 0 aliphatic carbocycles. The first kappa shape index (κ1) is 17.5. The number of aryl methyl sites for hydroxylation is 1. The summed E-state index contributed by atoms with van der Waals surface area (Å²) in [5, 5.41) is 17.0. The Morgan fingerprint density at radius 2 is 1.96 bits per heavy atom. The van der Waals surface area contributed by atoms with Gasteiger partial charge in [0.25, 0.3) is 5.69 Å². The Hall–Kier alpha value is -3.33. The van der Waals surface area contributed by atoms with Crippen molar-refractivity contribution >= 4 is 45.4 Å². The molecule has 0 bridgehead atoms. The second-order valence-corrected chi connectivity index (χ2v) is 5.87. The van der Waals surface area contributed by atoms with Gasteiger partial charge in [-0.1, -0.05) is 0 Å². The average molecular weight is 373 g/mol. The van der Waals surface area contributed by atoms with Crippen LogP contribution in [-0.2, 0) is 0 Å². The number of nitrogens with one attached hydrogen (secondary N) is 2. The number of anilines is 2. The van der Waals surface area contributed by atoms with E-state index in [1.807, 2.05) is 0 Å². The largest absolute Gasteiger partial charge is 0.423 e. The van der Waals surface area contributed by atoms with Gasteiger partial charge in [0.15, 0.2) is 5.11 Å². The van der Waals surface area contributed by atoms with Crippen LogP contribution in [0.5, 0.6) is 0 Å². The molecule has 0 amide bonds. The summed E-state index contributed by atoms with van der Waals surface area (Å²) in [6.45, 7) is 1.80. The smallest absolute Gasteiger partial charge is 0.336 e. The lowest BCUT2D eigenvalue weighted by Gasteiger charge is -2.11. The summed E-state index contributed by atoms with van der Waals surface area (Å²) in [5.41, 5.74) is 0.812.